The van der Waals surface area contributed by atoms with Gasteiger partial charge in [-0.3, -0.25) is 4.79 Å². The van der Waals surface area contributed by atoms with Gasteiger partial charge in [0.05, 0.1) is 0 Å². The molecule has 1 unspecified atom stereocenters. The summed E-state index contributed by atoms with van der Waals surface area (Å²) in [5.41, 5.74) is 0.421. The van der Waals surface area contributed by atoms with Crippen molar-refractivity contribution >= 4 is 5.97 Å². The van der Waals surface area contributed by atoms with Crippen molar-refractivity contribution in [2.75, 3.05) is 6.61 Å². The zero-order valence-electron chi connectivity index (χ0n) is 14.5. The van der Waals surface area contributed by atoms with Crippen molar-refractivity contribution in [2.45, 2.75) is 61.3 Å². The molecule has 3 nitrogen and oxygen atoms in total. The van der Waals surface area contributed by atoms with Gasteiger partial charge in [-0.15, -0.1) is 0 Å². The minimum Gasteiger partial charge on any atom is -0.508 e. The van der Waals surface area contributed by atoms with E-state index in [9.17, 15) is 9.90 Å². The van der Waals surface area contributed by atoms with E-state index in [1.165, 1.54) is 0 Å². The van der Waals surface area contributed by atoms with Crippen molar-refractivity contribution in [2.24, 2.45) is 16.2 Å². The molecule has 1 aliphatic carbocycles. The van der Waals surface area contributed by atoms with Crippen molar-refractivity contribution in [3.63, 3.8) is 0 Å². The molecule has 0 amide bonds. The quantitative estimate of drug-likeness (QED) is 0.761. The first-order valence-electron chi connectivity index (χ1n) is 7.71. The Bertz CT molecular complexity index is 458. The SMILES string of the molecule is CCC(=O)OCC1(C(C)(C)C)C=C(C(C)(C)C)C(O)=CC1. The minimum atomic E-state index is -0.285. The topological polar surface area (TPSA) is 46.5 Å². The molecular weight excluding hydrogens is 264 g/mol. The monoisotopic (exact) mass is 294 g/mol. The van der Waals surface area contributed by atoms with Gasteiger partial charge >= 0.3 is 5.97 Å². The predicted octanol–water partition coefficient (Wildman–Crippen LogP) is 4.79. The van der Waals surface area contributed by atoms with Gasteiger partial charge in [0.15, 0.2) is 0 Å². The average molecular weight is 294 g/mol. The fourth-order valence-electron chi connectivity index (χ4n) is 2.55. The predicted molar refractivity (Wildman–Crippen MR) is 86.0 cm³/mol. The zero-order chi connectivity index (χ0) is 16.5. The highest BCUT2D eigenvalue weighted by Crippen LogP contribution is 2.49. The summed E-state index contributed by atoms with van der Waals surface area (Å²) in [6.07, 6.45) is 5.06. The Morgan fingerprint density at radius 1 is 1.29 bits per heavy atom. The minimum absolute atomic E-state index is 0.0747. The van der Waals surface area contributed by atoms with Gasteiger partial charge in [-0.25, -0.2) is 0 Å². The number of aliphatic hydroxyl groups is 1. The molecule has 0 aliphatic heterocycles. The Morgan fingerprint density at radius 3 is 2.29 bits per heavy atom. The molecule has 0 fully saturated rings. The molecule has 1 atom stereocenters. The standard InChI is InChI=1S/C18H30O3/c1-8-15(20)21-12-18(17(5,6)7)10-9-14(19)13(11-18)16(2,3)4/h9,11,19H,8,10,12H2,1-7H3. The number of ether oxygens (including phenoxy) is 1. The molecule has 21 heavy (non-hydrogen) atoms. The second-order valence-corrected chi connectivity index (χ2v) is 8.02. The third kappa shape index (κ3) is 3.90. The van der Waals surface area contributed by atoms with E-state index in [-0.39, 0.29) is 22.2 Å². The molecule has 1 N–H and O–H groups in total. The summed E-state index contributed by atoms with van der Waals surface area (Å²) >= 11 is 0. The van der Waals surface area contributed by atoms with Crippen LogP contribution in [0.2, 0.25) is 0 Å². The van der Waals surface area contributed by atoms with Crippen molar-refractivity contribution in [1.82, 2.24) is 0 Å². The van der Waals surface area contributed by atoms with Crippen LogP contribution in [0, 0.1) is 16.2 Å². The van der Waals surface area contributed by atoms with Gasteiger partial charge in [-0.2, -0.15) is 0 Å². The summed E-state index contributed by atoms with van der Waals surface area (Å²) in [5, 5.41) is 10.2. The van der Waals surface area contributed by atoms with E-state index in [2.05, 4.69) is 47.6 Å². The Balaban J connectivity index is 3.22. The largest absolute Gasteiger partial charge is 0.508 e. The van der Waals surface area contributed by atoms with Crippen molar-refractivity contribution in [3.05, 3.63) is 23.5 Å². The summed E-state index contributed by atoms with van der Waals surface area (Å²) in [4.78, 5) is 11.6. The Hall–Kier alpha value is -1.25. The molecule has 0 aromatic rings. The van der Waals surface area contributed by atoms with Gasteiger partial charge in [0, 0.05) is 11.8 Å². The third-order valence-corrected chi connectivity index (χ3v) is 4.44. The van der Waals surface area contributed by atoms with Crippen molar-refractivity contribution in [3.8, 4) is 0 Å². The average Bonchev–Trinajstić information content (AvgIpc) is 2.34. The maximum atomic E-state index is 11.6. The van der Waals surface area contributed by atoms with Crippen LogP contribution in [-0.2, 0) is 9.53 Å². The molecule has 1 aliphatic rings. The van der Waals surface area contributed by atoms with Crippen LogP contribution in [0.3, 0.4) is 0 Å². The lowest BCUT2D eigenvalue weighted by Crippen LogP contribution is -2.41. The number of hydrogen-bond acceptors (Lipinski definition) is 3. The Labute approximate surface area is 129 Å². The molecule has 0 spiro atoms. The van der Waals surface area contributed by atoms with Gasteiger partial charge in [0.2, 0.25) is 0 Å². The fraction of sp³-hybridized carbons (Fsp3) is 0.722. The first-order valence-corrected chi connectivity index (χ1v) is 7.71. The maximum absolute atomic E-state index is 11.6. The molecule has 0 heterocycles. The fourth-order valence-corrected chi connectivity index (χ4v) is 2.55. The second-order valence-electron chi connectivity index (χ2n) is 8.02. The lowest BCUT2D eigenvalue weighted by molar-refractivity contribution is -0.148. The summed E-state index contributed by atoms with van der Waals surface area (Å²) < 4.78 is 5.46. The molecule has 3 heteroatoms. The van der Waals surface area contributed by atoms with Crippen LogP contribution in [0.4, 0.5) is 0 Å². The Morgan fingerprint density at radius 2 is 1.86 bits per heavy atom. The smallest absolute Gasteiger partial charge is 0.305 e. The lowest BCUT2D eigenvalue weighted by atomic mass is 9.61. The summed E-state index contributed by atoms with van der Waals surface area (Å²) in [6.45, 7) is 14.9. The van der Waals surface area contributed by atoms with Crippen LogP contribution >= 0.6 is 0 Å². The van der Waals surface area contributed by atoms with E-state index < -0.39 is 0 Å². The molecular formula is C18H30O3. The van der Waals surface area contributed by atoms with Gasteiger partial charge in [0.1, 0.15) is 12.4 Å². The normalized spacial score (nSPS) is 23.4. The molecule has 0 aromatic carbocycles. The number of esters is 1. The number of hydrogen-bond donors (Lipinski definition) is 1. The molecule has 0 bridgehead atoms. The number of aliphatic hydroxyl groups excluding tert-OH is 1. The highest BCUT2D eigenvalue weighted by Gasteiger charge is 2.44. The van der Waals surface area contributed by atoms with Gasteiger partial charge in [-0.05, 0) is 28.9 Å². The van der Waals surface area contributed by atoms with Crippen molar-refractivity contribution < 1.29 is 14.6 Å². The van der Waals surface area contributed by atoms with E-state index in [0.29, 0.717) is 25.2 Å². The lowest BCUT2D eigenvalue weighted by Gasteiger charge is -2.45. The Kier molecular flexibility index (Phi) is 4.97. The molecule has 0 radical (unpaired) electrons. The van der Waals surface area contributed by atoms with E-state index in [1.54, 1.807) is 6.92 Å². The van der Waals surface area contributed by atoms with Crippen molar-refractivity contribution in [1.29, 1.82) is 0 Å². The van der Waals surface area contributed by atoms with E-state index in [0.717, 1.165) is 5.57 Å². The van der Waals surface area contributed by atoms with Crippen LogP contribution in [0.1, 0.15) is 61.3 Å². The van der Waals surface area contributed by atoms with Crippen LogP contribution in [0.25, 0.3) is 0 Å². The zero-order valence-corrected chi connectivity index (χ0v) is 14.5. The molecule has 0 saturated carbocycles. The highest BCUT2D eigenvalue weighted by molar-refractivity contribution is 5.68. The number of carbonyl (C=O) groups excluding carboxylic acids is 1. The molecule has 0 aromatic heterocycles. The van der Waals surface area contributed by atoms with E-state index in [1.807, 2.05) is 6.08 Å². The molecule has 120 valence electrons. The van der Waals surface area contributed by atoms with Crippen LogP contribution in [0.15, 0.2) is 23.5 Å². The molecule has 1 rings (SSSR count). The van der Waals surface area contributed by atoms with E-state index in [4.69, 9.17) is 4.74 Å². The van der Waals surface area contributed by atoms with Gasteiger partial charge in [-0.1, -0.05) is 54.5 Å². The maximum Gasteiger partial charge on any atom is 0.305 e. The second kappa shape index (κ2) is 5.86. The third-order valence-electron chi connectivity index (χ3n) is 4.44. The van der Waals surface area contributed by atoms with Crippen LogP contribution in [-0.4, -0.2) is 17.7 Å². The summed E-state index contributed by atoms with van der Waals surface area (Å²) in [6, 6.07) is 0. The van der Waals surface area contributed by atoms with Crippen LogP contribution < -0.4 is 0 Å². The molecule has 0 saturated heterocycles. The number of rotatable bonds is 3. The van der Waals surface area contributed by atoms with Gasteiger partial charge in [0.25, 0.3) is 0 Å². The summed E-state index contributed by atoms with van der Waals surface area (Å²) in [7, 11) is 0. The summed E-state index contributed by atoms with van der Waals surface area (Å²) in [5.74, 6) is 0.173. The van der Waals surface area contributed by atoms with E-state index >= 15 is 0 Å². The number of carbonyl (C=O) groups is 1. The first kappa shape index (κ1) is 17.8. The highest BCUT2D eigenvalue weighted by atomic mass is 16.5. The van der Waals surface area contributed by atoms with Gasteiger partial charge < -0.3 is 9.84 Å². The van der Waals surface area contributed by atoms with Crippen LogP contribution in [0.5, 0.6) is 0 Å². The first-order chi connectivity index (χ1) is 9.43. The number of allylic oxidation sites excluding steroid dienone is 2.